The Morgan fingerprint density at radius 1 is 1.11 bits per heavy atom. The van der Waals surface area contributed by atoms with Gasteiger partial charge in [-0.3, -0.25) is 4.79 Å². The van der Waals surface area contributed by atoms with Gasteiger partial charge in [-0.1, -0.05) is 32.9 Å². The second-order valence-corrected chi connectivity index (χ2v) is 11.1. The molecule has 0 saturated heterocycles. The molecule has 1 aromatic rings. The van der Waals surface area contributed by atoms with E-state index in [2.05, 4.69) is 33.9 Å². The SMILES string of the molecule is Cc1ccc(C)c(O[Si](C)(C)C(C)(C)C)c1C=O. The van der Waals surface area contributed by atoms with Crippen molar-refractivity contribution in [2.75, 3.05) is 0 Å². The van der Waals surface area contributed by atoms with Crippen molar-refractivity contribution < 1.29 is 9.22 Å². The Balaban J connectivity index is 3.27. The second kappa shape index (κ2) is 4.88. The molecule has 0 fully saturated rings. The molecule has 0 aliphatic heterocycles. The summed E-state index contributed by atoms with van der Waals surface area (Å²) in [6, 6.07) is 3.99. The van der Waals surface area contributed by atoms with E-state index in [1.54, 1.807) is 0 Å². The lowest BCUT2D eigenvalue weighted by atomic mass is 10.1. The standard InChI is InChI=1S/C15H24O2Si/c1-11-8-9-12(2)14(13(11)10-16)17-18(6,7)15(3,4)5/h8-10H,1-7H3. The van der Waals surface area contributed by atoms with E-state index in [4.69, 9.17) is 4.43 Å². The summed E-state index contributed by atoms with van der Waals surface area (Å²) in [4.78, 5) is 11.3. The van der Waals surface area contributed by atoms with E-state index >= 15 is 0 Å². The zero-order valence-electron chi connectivity index (χ0n) is 12.5. The topological polar surface area (TPSA) is 26.3 Å². The van der Waals surface area contributed by atoms with Crippen LogP contribution in [0, 0.1) is 13.8 Å². The number of hydrogen-bond donors (Lipinski definition) is 0. The molecule has 0 aromatic heterocycles. The van der Waals surface area contributed by atoms with Crippen LogP contribution in [0.2, 0.25) is 18.1 Å². The van der Waals surface area contributed by atoms with Gasteiger partial charge in [0.25, 0.3) is 8.32 Å². The fourth-order valence-electron chi connectivity index (χ4n) is 1.50. The highest BCUT2D eigenvalue weighted by Crippen LogP contribution is 2.39. The molecule has 0 unspecified atom stereocenters. The van der Waals surface area contributed by atoms with Crippen LogP contribution in [0.4, 0.5) is 0 Å². The number of carbonyl (C=O) groups excluding carboxylic acids is 1. The maximum absolute atomic E-state index is 11.3. The first-order chi connectivity index (χ1) is 8.10. The van der Waals surface area contributed by atoms with Gasteiger partial charge in [0.2, 0.25) is 0 Å². The monoisotopic (exact) mass is 264 g/mol. The fraction of sp³-hybridized carbons (Fsp3) is 0.533. The van der Waals surface area contributed by atoms with Gasteiger partial charge in [0.1, 0.15) is 5.75 Å². The number of carbonyl (C=O) groups is 1. The average Bonchev–Trinajstić information content (AvgIpc) is 2.22. The number of rotatable bonds is 3. The largest absolute Gasteiger partial charge is 0.543 e. The lowest BCUT2D eigenvalue weighted by Gasteiger charge is -2.37. The molecule has 0 saturated carbocycles. The smallest absolute Gasteiger partial charge is 0.250 e. The highest BCUT2D eigenvalue weighted by molar-refractivity contribution is 6.74. The third-order valence-corrected chi connectivity index (χ3v) is 8.22. The predicted octanol–water partition coefficient (Wildman–Crippen LogP) is 4.50. The maximum Gasteiger partial charge on any atom is 0.250 e. The molecule has 0 amide bonds. The third-order valence-electron chi connectivity index (χ3n) is 3.89. The normalized spacial score (nSPS) is 12.4. The van der Waals surface area contributed by atoms with E-state index < -0.39 is 8.32 Å². The zero-order valence-corrected chi connectivity index (χ0v) is 13.5. The molecule has 1 rings (SSSR count). The molecule has 100 valence electrons. The Kier molecular flexibility index (Phi) is 4.06. The van der Waals surface area contributed by atoms with Gasteiger partial charge in [0.15, 0.2) is 6.29 Å². The zero-order chi connectivity index (χ0) is 14.1. The Hall–Kier alpha value is -1.09. The van der Waals surface area contributed by atoms with Gasteiger partial charge in [-0.15, -0.1) is 0 Å². The highest BCUT2D eigenvalue weighted by atomic mass is 28.4. The fourth-order valence-corrected chi connectivity index (χ4v) is 2.58. The number of benzene rings is 1. The van der Waals surface area contributed by atoms with Crippen molar-refractivity contribution in [1.29, 1.82) is 0 Å². The van der Waals surface area contributed by atoms with E-state index in [0.29, 0.717) is 5.56 Å². The summed E-state index contributed by atoms with van der Waals surface area (Å²) in [6.07, 6.45) is 0.908. The van der Waals surface area contributed by atoms with E-state index in [0.717, 1.165) is 23.2 Å². The van der Waals surface area contributed by atoms with Gasteiger partial charge in [0, 0.05) is 0 Å². The molecule has 0 radical (unpaired) electrons. The minimum atomic E-state index is -1.91. The number of hydrogen-bond acceptors (Lipinski definition) is 2. The van der Waals surface area contributed by atoms with Gasteiger partial charge >= 0.3 is 0 Å². The molecule has 0 spiro atoms. The molecule has 0 N–H and O–H groups in total. The van der Waals surface area contributed by atoms with Crippen molar-refractivity contribution in [3.63, 3.8) is 0 Å². The molecular formula is C15H24O2Si. The van der Waals surface area contributed by atoms with Crippen LogP contribution < -0.4 is 4.43 Å². The van der Waals surface area contributed by atoms with Crippen molar-refractivity contribution >= 4 is 14.6 Å². The van der Waals surface area contributed by atoms with Crippen molar-refractivity contribution in [3.05, 3.63) is 28.8 Å². The van der Waals surface area contributed by atoms with Crippen LogP contribution in [-0.2, 0) is 0 Å². The Bertz CT molecular complexity index is 456. The molecule has 18 heavy (non-hydrogen) atoms. The van der Waals surface area contributed by atoms with E-state index in [1.165, 1.54) is 0 Å². The van der Waals surface area contributed by atoms with Gasteiger partial charge < -0.3 is 4.43 Å². The quantitative estimate of drug-likeness (QED) is 0.593. The lowest BCUT2D eigenvalue weighted by molar-refractivity contribution is 0.112. The van der Waals surface area contributed by atoms with E-state index in [-0.39, 0.29) is 5.04 Å². The van der Waals surface area contributed by atoms with Crippen LogP contribution >= 0.6 is 0 Å². The van der Waals surface area contributed by atoms with Crippen LogP contribution in [0.15, 0.2) is 12.1 Å². The molecule has 2 nitrogen and oxygen atoms in total. The lowest BCUT2D eigenvalue weighted by Crippen LogP contribution is -2.44. The second-order valence-electron chi connectivity index (χ2n) is 6.42. The van der Waals surface area contributed by atoms with Gasteiger partial charge in [-0.2, -0.15) is 0 Å². The summed E-state index contributed by atoms with van der Waals surface area (Å²) in [7, 11) is -1.91. The Morgan fingerprint density at radius 2 is 1.61 bits per heavy atom. The summed E-state index contributed by atoms with van der Waals surface area (Å²) < 4.78 is 6.31. The van der Waals surface area contributed by atoms with Crippen LogP contribution in [0.5, 0.6) is 5.75 Å². The Labute approximate surface area is 111 Å². The average molecular weight is 264 g/mol. The minimum absolute atomic E-state index is 0.128. The van der Waals surface area contributed by atoms with Crippen molar-refractivity contribution in [3.8, 4) is 5.75 Å². The summed E-state index contributed by atoms with van der Waals surface area (Å²) >= 11 is 0. The van der Waals surface area contributed by atoms with Crippen LogP contribution in [0.25, 0.3) is 0 Å². The summed E-state index contributed by atoms with van der Waals surface area (Å²) in [6.45, 7) is 14.9. The van der Waals surface area contributed by atoms with Crippen LogP contribution in [0.1, 0.15) is 42.3 Å². The van der Waals surface area contributed by atoms with Gasteiger partial charge in [-0.25, -0.2) is 0 Å². The van der Waals surface area contributed by atoms with Crippen molar-refractivity contribution in [2.24, 2.45) is 0 Å². The summed E-state index contributed by atoms with van der Waals surface area (Å²) in [5.74, 6) is 0.775. The first-order valence-corrected chi connectivity index (χ1v) is 9.25. The van der Waals surface area contributed by atoms with E-state index in [1.807, 2.05) is 26.0 Å². The van der Waals surface area contributed by atoms with Crippen molar-refractivity contribution in [2.45, 2.75) is 52.8 Å². The summed E-state index contributed by atoms with van der Waals surface area (Å²) in [5.41, 5.74) is 2.71. The minimum Gasteiger partial charge on any atom is -0.543 e. The number of aryl methyl sites for hydroxylation is 2. The highest BCUT2D eigenvalue weighted by Gasteiger charge is 2.39. The molecule has 1 aromatic carbocycles. The van der Waals surface area contributed by atoms with Gasteiger partial charge in [-0.05, 0) is 43.1 Å². The summed E-state index contributed by atoms with van der Waals surface area (Å²) in [5, 5.41) is 0.128. The van der Waals surface area contributed by atoms with Crippen LogP contribution in [-0.4, -0.2) is 14.6 Å². The van der Waals surface area contributed by atoms with E-state index in [9.17, 15) is 4.79 Å². The molecule has 0 heterocycles. The predicted molar refractivity (Wildman–Crippen MR) is 79.1 cm³/mol. The molecule has 0 atom stereocenters. The number of aldehydes is 1. The van der Waals surface area contributed by atoms with Crippen LogP contribution in [0.3, 0.4) is 0 Å². The molecule has 0 aliphatic carbocycles. The Morgan fingerprint density at radius 3 is 2.06 bits per heavy atom. The van der Waals surface area contributed by atoms with Crippen molar-refractivity contribution in [1.82, 2.24) is 0 Å². The van der Waals surface area contributed by atoms with Gasteiger partial charge in [0.05, 0.1) is 5.56 Å². The molecule has 3 heteroatoms. The molecular weight excluding hydrogens is 240 g/mol. The molecule has 0 aliphatic rings. The first-order valence-electron chi connectivity index (χ1n) is 6.34. The third kappa shape index (κ3) is 2.83. The molecule has 0 bridgehead atoms. The first kappa shape index (κ1) is 15.0. The maximum atomic E-state index is 11.3.